The summed E-state index contributed by atoms with van der Waals surface area (Å²) in [7, 11) is 0. The summed E-state index contributed by atoms with van der Waals surface area (Å²) in [5.41, 5.74) is 1.28. The number of para-hydroxylation sites is 1. The number of hydrogen-bond donors (Lipinski definition) is 0. The molecule has 1 fully saturated rings. The van der Waals surface area contributed by atoms with E-state index >= 15 is 0 Å². The van der Waals surface area contributed by atoms with Crippen LogP contribution in [0.2, 0.25) is 5.02 Å². The lowest BCUT2D eigenvalue weighted by Crippen LogP contribution is -2.31. The van der Waals surface area contributed by atoms with Crippen LogP contribution in [0.5, 0.6) is 5.75 Å². The quantitative estimate of drug-likeness (QED) is 0.430. The molecule has 0 bridgehead atoms. The molecule has 0 radical (unpaired) electrons. The summed E-state index contributed by atoms with van der Waals surface area (Å²) in [5.74, 6) is 0.549. The van der Waals surface area contributed by atoms with E-state index in [0.29, 0.717) is 28.6 Å². The third kappa shape index (κ3) is 3.71. The topological polar surface area (TPSA) is 59.0 Å². The predicted octanol–water partition coefficient (Wildman–Crippen LogP) is 4.71. The van der Waals surface area contributed by atoms with Crippen LogP contribution in [0.3, 0.4) is 0 Å². The fourth-order valence-electron chi connectivity index (χ4n) is 3.37. The molecule has 0 aromatic heterocycles. The summed E-state index contributed by atoms with van der Waals surface area (Å²) in [6, 6.07) is 13.8. The van der Waals surface area contributed by atoms with Crippen LogP contribution in [0.15, 0.2) is 59.2 Å². The highest BCUT2D eigenvalue weighted by molar-refractivity contribution is 6.33. The average Bonchev–Trinajstić information content (AvgIpc) is 2.85. The van der Waals surface area contributed by atoms with Crippen LogP contribution >= 0.6 is 11.6 Å². The van der Waals surface area contributed by atoms with Gasteiger partial charge >= 0.3 is 5.97 Å². The minimum Gasteiger partial charge on any atom is -0.422 e. The highest BCUT2D eigenvalue weighted by atomic mass is 35.5. The lowest BCUT2D eigenvalue weighted by atomic mass is 10.1. The maximum absolute atomic E-state index is 12.7. The predicted molar refractivity (Wildman–Crippen MR) is 108 cm³/mol. The van der Waals surface area contributed by atoms with Crippen LogP contribution < -0.4 is 4.74 Å². The fourth-order valence-corrected chi connectivity index (χ4v) is 3.58. The minimum absolute atomic E-state index is 0.0934. The Balaban J connectivity index is 1.62. The number of benzene rings is 2. The van der Waals surface area contributed by atoms with Gasteiger partial charge in [0.15, 0.2) is 0 Å². The number of amidine groups is 1. The summed E-state index contributed by atoms with van der Waals surface area (Å²) < 4.78 is 5.56. The van der Waals surface area contributed by atoms with Gasteiger partial charge in [-0.1, -0.05) is 48.4 Å². The van der Waals surface area contributed by atoms with E-state index in [9.17, 15) is 9.59 Å². The molecule has 2 aromatic rings. The molecule has 2 aliphatic rings. The second-order valence-corrected chi connectivity index (χ2v) is 7.14. The number of fused-ring (bicyclic) bond motifs is 1. The van der Waals surface area contributed by atoms with Crippen molar-refractivity contribution in [1.29, 1.82) is 0 Å². The molecule has 5 nitrogen and oxygen atoms in total. The molecule has 2 aliphatic heterocycles. The van der Waals surface area contributed by atoms with E-state index in [2.05, 4.69) is 4.99 Å². The Bertz CT molecular complexity index is 997. The van der Waals surface area contributed by atoms with Crippen LogP contribution in [0.1, 0.15) is 41.6 Å². The third-order valence-corrected chi connectivity index (χ3v) is 5.14. The zero-order valence-electron chi connectivity index (χ0n) is 15.2. The highest BCUT2D eigenvalue weighted by Crippen LogP contribution is 2.28. The molecule has 2 heterocycles. The van der Waals surface area contributed by atoms with Crippen molar-refractivity contribution < 1.29 is 14.3 Å². The first-order valence-corrected chi connectivity index (χ1v) is 9.68. The van der Waals surface area contributed by atoms with Crippen molar-refractivity contribution in [2.45, 2.75) is 25.7 Å². The highest BCUT2D eigenvalue weighted by Gasteiger charge is 2.30. The molecular formula is C22H19ClN2O3. The van der Waals surface area contributed by atoms with E-state index in [1.165, 1.54) is 0 Å². The van der Waals surface area contributed by atoms with Crippen molar-refractivity contribution >= 4 is 35.4 Å². The molecule has 0 N–H and O–H groups in total. The van der Waals surface area contributed by atoms with Gasteiger partial charge in [-0.25, -0.2) is 9.79 Å². The molecule has 0 atom stereocenters. The summed E-state index contributed by atoms with van der Waals surface area (Å²) in [6.07, 6.45) is 5.64. The Morgan fingerprint density at radius 1 is 1.07 bits per heavy atom. The summed E-state index contributed by atoms with van der Waals surface area (Å²) in [4.78, 5) is 31.5. The van der Waals surface area contributed by atoms with Gasteiger partial charge in [-0.15, -0.1) is 0 Å². The Morgan fingerprint density at radius 2 is 1.86 bits per heavy atom. The van der Waals surface area contributed by atoms with Gasteiger partial charge in [-0.05, 0) is 37.1 Å². The minimum atomic E-state index is -0.547. The van der Waals surface area contributed by atoms with Gasteiger partial charge in [-0.2, -0.15) is 0 Å². The number of ether oxygens (including phenoxy) is 1. The first-order valence-electron chi connectivity index (χ1n) is 9.30. The lowest BCUT2D eigenvalue weighted by molar-refractivity contribution is -0.122. The number of hydrogen-bond acceptors (Lipinski definition) is 4. The zero-order chi connectivity index (χ0) is 19.5. The number of nitrogens with zero attached hydrogens (tertiary/aromatic N) is 2. The van der Waals surface area contributed by atoms with Gasteiger partial charge in [0, 0.05) is 18.5 Å². The van der Waals surface area contributed by atoms with Gasteiger partial charge in [-0.3, -0.25) is 9.69 Å². The van der Waals surface area contributed by atoms with E-state index in [1.54, 1.807) is 53.4 Å². The molecule has 1 saturated heterocycles. The van der Waals surface area contributed by atoms with Gasteiger partial charge in [0.05, 0.1) is 10.6 Å². The second kappa shape index (κ2) is 7.98. The number of carbonyl (C=O) groups excluding carboxylic acids is 2. The van der Waals surface area contributed by atoms with E-state index in [4.69, 9.17) is 16.3 Å². The van der Waals surface area contributed by atoms with Crippen LogP contribution in [0, 0.1) is 0 Å². The maximum Gasteiger partial charge on any atom is 0.345 e. The largest absolute Gasteiger partial charge is 0.422 e. The first kappa shape index (κ1) is 18.4. The van der Waals surface area contributed by atoms with E-state index in [1.807, 2.05) is 6.07 Å². The Labute approximate surface area is 168 Å². The SMILES string of the molecule is O=C(Oc1ccccc1/C=C1/N=C2CCCCCN2C1=O)c1ccccc1Cl. The number of carbonyl (C=O) groups is 2. The van der Waals surface area contributed by atoms with E-state index in [-0.39, 0.29) is 11.5 Å². The number of aliphatic imine (C=N–C) groups is 1. The second-order valence-electron chi connectivity index (χ2n) is 6.73. The van der Waals surface area contributed by atoms with Gasteiger partial charge in [0.2, 0.25) is 0 Å². The molecule has 0 unspecified atom stereocenters. The van der Waals surface area contributed by atoms with Crippen molar-refractivity contribution in [3.05, 3.63) is 70.4 Å². The Kier molecular flexibility index (Phi) is 5.26. The van der Waals surface area contributed by atoms with Crippen LogP contribution in [0.4, 0.5) is 0 Å². The van der Waals surface area contributed by atoms with Crippen LogP contribution in [0.25, 0.3) is 6.08 Å². The smallest absolute Gasteiger partial charge is 0.345 e. The molecular weight excluding hydrogens is 376 g/mol. The molecule has 142 valence electrons. The van der Waals surface area contributed by atoms with Gasteiger partial charge in [0.25, 0.3) is 5.91 Å². The first-order chi connectivity index (χ1) is 13.6. The standard InChI is InChI=1S/C22H19ClN2O3/c23-17-10-5-4-9-16(17)22(27)28-19-11-6-3-8-15(19)14-18-21(26)25-13-7-1-2-12-20(25)24-18/h3-6,8-11,14H,1-2,7,12-13H2/b18-14+. The summed E-state index contributed by atoms with van der Waals surface area (Å²) >= 11 is 6.08. The van der Waals surface area contributed by atoms with Gasteiger partial charge < -0.3 is 4.74 Å². The zero-order valence-corrected chi connectivity index (χ0v) is 16.0. The van der Waals surface area contributed by atoms with Crippen molar-refractivity contribution in [2.24, 2.45) is 4.99 Å². The van der Waals surface area contributed by atoms with Crippen molar-refractivity contribution in [1.82, 2.24) is 4.90 Å². The Morgan fingerprint density at radius 3 is 2.71 bits per heavy atom. The number of esters is 1. The van der Waals surface area contributed by atoms with E-state index in [0.717, 1.165) is 31.5 Å². The number of amides is 1. The Hall–Kier alpha value is -2.92. The molecule has 1 amide bonds. The van der Waals surface area contributed by atoms with E-state index < -0.39 is 5.97 Å². The maximum atomic E-state index is 12.7. The van der Waals surface area contributed by atoms with Crippen molar-refractivity contribution in [2.75, 3.05) is 6.54 Å². The van der Waals surface area contributed by atoms with Crippen LogP contribution in [-0.2, 0) is 4.79 Å². The average molecular weight is 395 g/mol. The monoisotopic (exact) mass is 394 g/mol. The van der Waals surface area contributed by atoms with Crippen molar-refractivity contribution in [3.8, 4) is 5.75 Å². The lowest BCUT2D eigenvalue weighted by Gasteiger charge is -2.14. The normalized spacial score (nSPS) is 17.9. The molecule has 0 aliphatic carbocycles. The van der Waals surface area contributed by atoms with Gasteiger partial charge in [0.1, 0.15) is 17.3 Å². The number of halogens is 1. The van der Waals surface area contributed by atoms with Crippen LogP contribution in [-0.4, -0.2) is 29.2 Å². The molecule has 6 heteroatoms. The molecule has 2 aromatic carbocycles. The summed E-state index contributed by atoms with van der Waals surface area (Å²) in [5, 5.41) is 0.327. The molecule has 4 rings (SSSR count). The number of rotatable bonds is 3. The molecule has 0 spiro atoms. The fraction of sp³-hybridized carbons (Fsp3) is 0.227. The molecule has 28 heavy (non-hydrogen) atoms. The van der Waals surface area contributed by atoms with Crippen molar-refractivity contribution in [3.63, 3.8) is 0 Å². The summed E-state index contributed by atoms with van der Waals surface area (Å²) in [6.45, 7) is 0.706. The molecule has 0 saturated carbocycles. The third-order valence-electron chi connectivity index (χ3n) is 4.82.